The fourth-order valence-electron chi connectivity index (χ4n) is 2.22. The van der Waals surface area contributed by atoms with E-state index >= 15 is 0 Å². The predicted molar refractivity (Wildman–Crippen MR) is 77.6 cm³/mol. The summed E-state index contributed by atoms with van der Waals surface area (Å²) in [6.07, 6.45) is 4.26. The molecule has 1 rings (SSSR count). The molecule has 1 aliphatic heterocycles. The average molecular weight is 295 g/mol. The molecule has 1 aliphatic rings. The molecule has 0 saturated carbocycles. The molecule has 114 valence electrons. The molecule has 6 heteroatoms. The van der Waals surface area contributed by atoms with Gasteiger partial charge in [0.15, 0.2) is 0 Å². The van der Waals surface area contributed by atoms with Gasteiger partial charge in [0.1, 0.15) is 6.04 Å². The fourth-order valence-corrected chi connectivity index (χ4v) is 2.22. The van der Waals surface area contributed by atoms with Crippen LogP contribution in [-0.4, -0.2) is 56.4 Å². The fraction of sp³-hybridized carbons (Fsp3) is 0.923. The highest BCUT2D eigenvalue weighted by Crippen LogP contribution is 2.15. The van der Waals surface area contributed by atoms with Crippen molar-refractivity contribution in [1.29, 1.82) is 0 Å². The van der Waals surface area contributed by atoms with Crippen molar-refractivity contribution in [3.05, 3.63) is 0 Å². The van der Waals surface area contributed by atoms with Gasteiger partial charge in [0.2, 0.25) is 5.91 Å². The lowest BCUT2D eigenvalue weighted by Gasteiger charge is -2.23. The smallest absolute Gasteiger partial charge is 0.241 e. The summed E-state index contributed by atoms with van der Waals surface area (Å²) in [4.78, 5) is 13.9. The third-order valence-electron chi connectivity index (χ3n) is 3.21. The topological polar surface area (TPSA) is 64.8 Å². The molecule has 0 aliphatic carbocycles. The standard InChI is InChI=1S/C13H26N2O3.ClH/c1-3-9-18-11-5-4-7-15(8-6-11)13(16)12(14)10-17-2;/h11-12H,3-10,14H2,1-2H3;1H. The number of methoxy groups -OCH3 is 1. The van der Waals surface area contributed by atoms with E-state index in [1.54, 1.807) is 7.11 Å². The Labute approximate surface area is 122 Å². The van der Waals surface area contributed by atoms with Gasteiger partial charge < -0.3 is 20.1 Å². The van der Waals surface area contributed by atoms with Crippen LogP contribution in [0.5, 0.6) is 0 Å². The zero-order valence-electron chi connectivity index (χ0n) is 12.0. The first kappa shape index (κ1) is 18.6. The van der Waals surface area contributed by atoms with Crippen LogP contribution in [0.3, 0.4) is 0 Å². The molecule has 1 heterocycles. The Hall–Kier alpha value is -0.360. The summed E-state index contributed by atoms with van der Waals surface area (Å²) in [5, 5.41) is 0. The van der Waals surface area contributed by atoms with E-state index in [1.807, 2.05) is 4.90 Å². The largest absolute Gasteiger partial charge is 0.383 e. The van der Waals surface area contributed by atoms with Gasteiger partial charge in [-0.05, 0) is 25.7 Å². The number of carbonyl (C=O) groups is 1. The third-order valence-corrected chi connectivity index (χ3v) is 3.21. The van der Waals surface area contributed by atoms with Gasteiger partial charge in [-0.1, -0.05) is 6.92 Å². The van der Waals surface area contributed by atoms with Gasteiger partial charge in [-0.25, -0.2) is 0 Å². The number of halogens is 1. The molecule has 1 amide bonds. The van der Waals surface area contributed by atoms with E-state index in [-0.39, 0.29) is 24.9 Å². The van der Waals surface area contributed by atoms with Crippen molar-refractivity contribution < 1.29 is 14.3 Å². The summed E-state index contributed by atoms with van der Waals surface area (Å²) >= 11 is 0. The minimum absolute atomic E-state index is 0. The number of nitrogens with two attached hydrogens (primary N) is 1. The minimum atomic E-state index is -0.539. The van der Waals surface area contributed by atoms with Crippen LogP contribution in [0.25, 0.3) is 0 Å². The number of hydrogen-bond acceptors (Lipinski definition) is 4. The van der Waals surface area contributed by atoms with Crippen molar-refractivity contribution >= 4 is 18.3 Å². The number of likely N-dealkylation sites (tertiary alicyclic amines) is 1. The molecule has 0 aromatic carbocycles. The van der Waals surface area contributed by atoms with E-state index in [0.29, 0.717) is 6.10 Å². The van der Waals surface area contributed by atoms with Crippen LogP contribution in [0.2, 0.25) is 0 Å². The lowest BCUT2D eigenvalue weighted by atomic mass is 10.2. The molecule has 1 saturated heterocycles. The Morgan fingerprint density at radius 1 is 1.42 bits per heavy atom. The quantitative estimate of drug-likeness (QED) is 0.799. The van der Waals surface area contributed by atoms with Gasteiger partial charge in [-0.15, -0.1) is 12.4 Å². The van der Waals surface area contributed by atoms with Gasteiger partial charge >= 0.3 is 0 Å². The maximum Gasteiger partial charge on any atom is 0.241 e. The second-order valence-electron chi connectivity index (χ2n) is 4.81. The van der Waals surface area contributed by atoms with Gasteiger partial charge in [0.25, 0.3) is 0 Å². The summed E-state index contributed by atoms with van der Waals surface area (Å²) in [5.41, 5.74) is 5.78. The number of carbonyl (C=O) groups excluding carboxylic acids is 1. The Kier molecular flexibility index (Phi) is 10.2. The van der Waals surface area contributed by atoms with Crippen molar-refractivity contribution in [2.24, 2.45) is 5.73 Å². The first-order chi connectivity index (χ1) is 8.69. The van der Waals surface area contributed by atoms with Gasteiger partial charge in [0.05, 0.1) is 12.7 Å². The molecule has 0 radical (unpaired) electrons. The van der Waals surface area contributed by atoms with Crippen molar-refractivity contribution in [2.45, 2.75) is 44.8 Å². The number of amides is 1. The molecule has 0 aromatic heterocycles. The zero-order valence-corrected chi connectivity index (χ0v) is 12.8. The number of ether oxygens (including phenoxy) is 2. The molecule has 1 fully saturated rings. The summed E-state index contributed by atoms with van der Waals surface area (Å²) in [6.45, 7) is 4.72. The molecule has 0 bridgehead atoms. The SMILES string of the molecule is CCCOC1CCCN(C(=O)C(N)COC)CC1.Cl. The van der Waals surface area contributed by atoms with Gasteiger partial charge in [0, 0.05) is 26.8 Å². The Bertz CT molecular complexity index is 254. The molecular weight excluding hydrogens is 268 g/mol. The minimum Gasteiger partial charge on any atom is -0.383 e. The number of hydrogen-bond donors (Lipinski definition) is 1. The molecule has 19 heavy (non-hydrogen) atoms. The van der Waals surface area contributed by atoms with Crippen LogP contribution in [0.1, 0.15) is 32.6 Å². The van der Waals surface area contributed by atoms with Crippen molar-refractivity contribution in [1.82, 2.24) is 4.90 Å². The monoisotopic (exact) mass is 294 g/mol. The number of nitrogens with zero attached hydrogens (tertiary/aromatic N) is 1. The van der Waals surface area contributed by atoms with Crippen LogP contribution in [0.4, 0.5) is 0 Å². The van der Waals surface area contributed by atoms with Crippen molar-refractivity contribution in [3.8, 4) is 0 Å². The normalized spacial score (nSPS) is 21.4. The molecule has 5 nitrogen and oxygen atoms in total. The Morgan fingerprint density at radius 2 is 2.16 bits per heavy atom. The van der Waals surface area contributed by atoms with Crippen molar-refractivity contribution in [2.75, 3.05) is 33.4 Å². The highest BCUT2D eigenvalue weighted by molar-refractivity contribution is 5.85. The molecule has 0 aromatic rings. The van der Waals surface area contributed by atoms with Gasteiger partial charge in [-0.2, -0.15) is 0 Å². The molecule has 2 unspecified atom stereocenters. The van der Waals surface area contributed by atoms with Crippen LogP contribution < -0.4 is 5.73 Å². The Morgan fingerprint density at radius 3 is 2.79 bits per heavy atom. The summed E-state index contributed by atoms with van der Waals surface area (Å²) in [7, 11) is 1.56. The maximum atomic E-state index is 12.0. The molecule has 2 atom stereocenters. The average Bonchev–Trinajstić information content (AvgIpc) is 2.61. The first-order valence-electron chi connectivity index (χ1n) is 6.84. The van der Waals surface area contributed by atoms with E-state index in [1.165, 1.54) is 0 Å². The lowest BCUT2D eigenvalue weighted by molar-refractivity contribution is -0.133. The van der Waals surface area contributed by atoms with E-state index in [0.717, 1.165) is 45.4 Å². The highest BCUT2D eigenvalue weighted by atomic mass is 35.5. The van der Waals surface area contributed by atoms with Crippen LogP contribution in [0.15, 0.2) is 0 Å². The van der Waals surface area contributed by atoms with E-state index in [4.69, 9.17) is 15.2 Å². The second-order valence-corrected chi connectivity index (χ2v) is 4.81. The molecule has 2 N–H and O–H groups in total. The summed E-state index contributed by atoms with van der Waals surface area (Å²) < 4.78 is 10.7. The molecular formula is C13H27ClN2O3. The van der Waals surface area contributed by atoms with Crippen LogP contribution in [-0.2, 0) is 14.3 Å². The third kappa shape index (κ3) is 6.56. The lowest BCUT2D eigenvalue weighted by Crippen LogP contribution is -2.46. The molecule has 0 spiro atoms. The van der Waals surface area contributed by atoms with Gasteiger partial charge in [-0.3, -0.25) is 4.79 Å². The number of rotatable bonds is 6. The second kappa shape index (κ2) is 10.4. The van der Waals surface area contributed by atoms with E-state index < -0.39 is 6.04 Å². The zero-order chi connectivity index (χ0) is 13.4. The van der Waals surface area contributed by atoms with E-state index in [9.17, 15) is 4.79 Å². The highest BCUT2D eigenvalue weighted by Gasteiger charge is 2.24. The summed E-state index contributed by atoms with van der Waals surface area (Å²) in [5.74, 6) is -0.00649. The van der Waals surface area contributed by atoms with Crippen LogP contribution in [0, 0.1) is 0 Å². The summed E-state index contributed by atoms with van der Waals surface area (Å²) in [6, 6.07) is -0.539. The van der Waals surface area contributed by atoms with Crippen molar-refractivity contribution in [3.63, 3.8) is 0 Å². The predicted octanol–water partition coefficient (Wildman–Crippen LogP) is 1.19. The maximum absolute atomic E-state index is 12.0. The first-order valence-corrected chi connectivity index (χ1v) is 6.84. The Balaban J connectivity index is 0.00000324. The van der Waals surface area contributed by atoms with Crippen LogP contribution >= 0.6 is 12.4 Å². The van der Waals surface area contributed by atoms with E-state index in [2.05, 4.69) is 6.92 Å².